The van der Waals surface area contributed by atoms with Crippen molar-refractivity contribution in [1.29, 1.82) is 0 Å². The highest BCUT2D eigenvalue weighted by molar-refractivity contribution is 5.87. The molecule has 0 bridgehead atoms. The number of carbonyl (C=O) groups is 1. The predicted octanol–water partition coefficient (Wildman–Crippen LogP) is 2.34. The van der Waals surface area contributed by atoms with Crippen LogP contribution in [0.4, 0.5) is 0 Å². The summed E-state index contributed by atoms with van der Waals surface area (Å²) in [5, 5.41) is 13.2. The van der Waals surface area contributed by atoms with Crippen molar-refractivity contribution in [1.82, 2.24) is 19.7 Å². The largest absolute Gasteiger partial charge is 0.476 e. The van der Waals surface area contributed by atoms with Gasteiger partial charge < -0.3 is 5.11 Å². The fourth-order valence-electron chi connectivity index (χ4n) is 1.94. The molecule has 0 aliphatic carbocycles. The van der Waals surface area contributed by atoms with Crippen LogP contribution in [0.1, 0.15) is 16.1 Å². The number of aromatic nitrogens is 4. The molecule has 0 saturated carbocycles. The molecule has 6 nitrogen and oxygen atoms in total. The minimum Gasteiger partial charge on any atom is -0.476 e. The SMILES string of the molecule is Cc1ccc(-c2cc(C(=O)O)nn2-c2ccccn2)nc1. The van der Waals surface area contributed by atoms with Crippen molar-refractivity contribution < 1.29 is 9.90 Å². The normalized spacial score (nSPS) is 10.5. The summed E-state index contributed by atoms with van der Waals surface area (Å²) in [4.78, 5) is 19.7. The Kier molecular flexibility index (Phi) is 3.19. The van der Waals surface area contributed by atoms with Crippen LogP contribution >= 0.6 is 0 Å². The van der Waals surface area contributed by atoms with E-state index in [0.29, 0.717) is 17.2 Å². The zero-order valence-electron chi connectivity index (χ0n) is 11.3. The first-order valence-electron chi connectivity index (χ1n) is 6.33. The highest BCUT2D eigenvalue weighted by Gasteiger charge is 2.17. The van der Waals surface area contributed by atoms with Crippen LogP contribution in [0.25, 0.3) is 17.2 Å². The molecule has 0 fully saturated rings. The second-order valence-electron chi connectivity index (χ2n) is 4.54. The lowest BCUT2D eigenvalue weighted by atomic mass is 10.2. The molecular formula is C15H12N4O2. The number of aryl methyl sites for hydroxylation is 1. The lowest BCUT2D eigenvalue weighted by Crippen LogP contribution is -2.04. The second kappa shape index (κ2) is 5.16. The molecule has 0 aliphatic heterocycles. The molecule has 1 N–H and O–H groups in total. The highest BCUT2D eigenvalue weighted by atomic mass is 16.4. The van der Waals surface area contributed by atoms with E-state index in [1.807, 2.05) is 25.1 Å². The van der Waals surface area contributed by atoms with Crippen LogP contribution < -0.4 is 0 Å². The van der Waals surface area contributed by atoms with Crippen LogP contribution in [-0.2, 0) is 0 Å². The zero-order valence-corrected chi connectivity index (χ0v) is 11.3. The first kappa shape index (κ1) is 13.0. The Bertz CT molecular complexity index is 779. The third-order valence-corrected chi connectivity index (χ3v) is 2.97. The van der Waals surface area contributed by atoms with Crippen LogP contribution in [0.2, 0.25) is 0 Å². The number of hydrogen-bond donors (Lipinski definition) is 1. The number of hydrogen-bond acceptors (Lipinski definition) is 4. The molecule has 21 heavy (non-hydrogen) atoms. The summed E-state index contributed by atoms with van der Waals surface area (Å²) in [6.45, 7) is 1.94. The van der Waals surface area contributed by atoms with E-state index in [1.54, 1.807) is 24.5 Å². The van der Waals surface area contributed by atoms with E-state index in [1.165, 1.54) is 10.7 Å². The average molecular weight is 280 g/mol. The Balaban J connectivity index is 2.19. The van der Waals surface area contributed by atoms with Crippen LogP contribution in [0.15, 0.2) is 48.8 Å². The summed E-state index contributed by atoms with van der Waals surface area (Å²) in [7, 11) is 0. The quantitative estimate of drug-likeness (QED) is 0.796. The third kappa shape index (κ3) is 2.51. The molecule has 0 saturated heterocycles. The van der Waals surface area contributed by atoms with Gasteiger partial charge in [0.1, 0.15) is 0 Å². The van der Waals surface area contributed by atoms with E-state index >= 15 is 0 Å². The van der Waals surface area contributed by atoms with Crippen LogP contribution in [0.3, 0.4) is 0 Å². The molecule has 0 aliphatic rings. The predicted molar refractivity (Wildman–Crippen MR) is 76.3 cm³/mol. The maximum absolute atomic E-state index is 11.2. The van der Waals surface area contributed by atoms with Crippen molar-refractivity contribution in [3.8, 4) is 17.2 Å². The van der Waals surface area contributed by atoms with E-state index in [0.717, 1.165) is 5.56 Å². The van der Waals surface area contributed by atoms with Gasteiger partial charge in [0.25, 0.3) is 0 Å². The average Bonchev–Trinajstić information content (AvgIpc) is 2.94. The molecule has 104 valence electrons. The Morgan fingerprint density at radius 3 is 2.67 bits per heavy atom. The fraction of sp³-hybridized carbons (Fsp3) is 0.0667. The second-order valence-corrected chi connectivity index (χ2v) is 4.54. The van der Waals surface area contributed by atoms with Crippen molar-refractivity contribution in [3.63, 3.8) is 0 Å². The minimum absolute atomic E-state index is 0.0435. The lowest BCUT2D eigenvalue weighted by Gasteiger charge is -2.05. The summed E-state index contributed by atoms with van der Waals surface area (Å²) in [5.41, 5.74) is 2.22. The molecule has 6 heteroatoms. The number of nitrogens with zero attached hydrogens (tertiary/aromatic N) is 4. The van der Waals surface area contributed by atoms with Crippen molar-refractivity contribution in [2.75, 3.05) is 0 Å². The maximum atomic E-state index is 11.2. The topological polar surface area (TPSA) is 80.9 Å². The van der Waals surface area contributed by atoms with E-state index < -0.39 is 5.97 Å². The molecule has 3 heterocycles. The maximum Gasteiger partial charge on any atom is 0.356 e. The Hall–Kier alpha value is -3.02. The molecule has 3 aromatic rings. The zero-order chi connectivity index (χ0) is 14.8. The summed E-state index contributed by atoms with van der Waals surface area (Å²) in [5.74, 6) is -0.541. The monoisotopic (exact) mass is 280 g/mol. The van der Waals surface area contributed by atoms with E-state index in [2.05, 4.69) is 15.1 Å². The Labute approximate surface area is 120 Å². The van der Waals surface area contributed by atoms with Gasteiger partial charge in [-0.15, -0.1) is 0 Å². The number of aromatic carboxylic acids is 1. The third-order valence-electron chi connectivity index (χ3n) is 2.97. The van der Waals surface area contributed by atoms with Crippen molar-refractivity contribution in [2.24, 2.45) is 0 Å². The standard InChI is InChI=1S/C15H12N4O2/c1-10-5-6-11(17-9-10)13-8-12(15(20)21)18-19(13)14-4-2-3-7-16-14/h2-9H,1H3,(H,20,21). The smallest absolute Gasteiger partial charge is 0.356 e. The first-order valence-corrected chi connectivity index (χ1v) is 6.33. The number of carboxylic acids is 1. The molecular weight excluding hydrogens is 268 g/mol. The van der Waals surface area contributed by atoms with Crippen molar-refractivity contribution in [3.05, 3.63) is 60.0 Å². The van der Waals surface area contributed by atoms with Crippen molar-refractivity contribution in [2.45, 2.75) is 6.92 Å². The van der Waals surface area contributed by atoms with Crippen LogP contribution in [0.5, 0.6) is 0 Å². The van der Waals surface area contributed by atoms with Gasteiger partial charge >= 0.3 is 5.97 Å². The first-order chi connectivity index (χ1) is 10.1. The molecule has 0 atom stereocenters. The summed E-state index contributed by atoms with van der Waals surface area (Å²) in [6.07, 6.45) is 3.36. The van der Waals surface area contributed by atoms with Gasteiger partial charge in [-0.1, -0.05) is 12.1 Å². The van der Waals surface area contributed by atoms with Gasteiger partial charge in [0.15, 0.2) is 11.5 Å². The summed E-state index contributed by atoms with van der Waals surface area (Å²) in [6, 6.07) is 10.6. The lowest BCUT2D eigenvalue weighted by molar-refractivity contribution is 0.0690. The highest BCUT2D eigenvalue weighted by Crippen LogP contribution is 2.21. The molecule has 0 spiro atoms. The van der Waals surface area contributed by atoms with Gasteiger partial charge in [-0.05, 0) is 30.7 Å². The van der Waals surface area contributed by atoms with Crippen LogP contribution in [0, 0.1) is 6.92 Å². The Morgan fingerprint density at radius 2 is 2.05 bits per heavy atom. The van der Waals surface area contributed by atoms with Gasteiger partial charge in [0, 0.05) is 18.5 Å². The van der Waals surface area contributed by atoms with E-state index in [-0.39, 0.29) is 5.69 Å². The van der Waals surface area contributed by atoms with Gasteiger partial charge in [-0.3, -0.25) is 4.98 Å². The van der Waals surface area contributed by atoms with E-state index in [4.69, 9.17) is 5.11 Å². The number of carboxylic acid groups (broad SMARTS) is 1. The van der Waals surface area contributed by atoms with Crippen molar-refractivity contribution >= 4 is 5.97 Å². The molecule has 0 amide bonds. The van der Waals surface area contributed by atoms with E-state index in [9.17, 15) is 4.79 Å². The molecule has 0 aromatic carbocycles. The molecule has 3 aromatic heterocycles. The molecule has 3 rings (SSSR count). The fourth-order valence-corrected chi connectivity index (χ4v) is 1.94. The molecule has 0 radical (unpaired) electrons. The number of rotatable bonds is 3. The summed E-state index contributed by atoms with van der Waals surface area (Å²) >= 11 is 0. The minimum atomic E-state index is -1.09. The van der Waals surface area contributed by atoms with Gasteiger partial charge in [-0.2, -0.15) is 5.10 Å². The number of pyridine rings is 2. The summed E-state index contributed by atoms with van der Waals surface area (Å²) < 4.78 is 1.49. The van der Waals surface area contributed by atoms with Gasteiger partial charge in [0.05, 0.1) is 11.4 Å². The van der Waals surface area contributed by atoms with Gasteiger partial charge in [0.2, 0.25) is 0 Å². The Morgan fingerprint density at radius 1 is 1.19 bits per heavy atom. The molecule has 0 unspecified atom stereocenters. The van der Waals surface area contributed by atoms with Gasteiger partial charge in [-0.25, -0.2) is 14.5 Å². The van der Waals surface area contributed by atoms with Crippen LogP contribution in [-0.4, -0.2) is 30.8 Å².